The van der Waals surface area contributed by atoms with Crippen molar-refractivity contribution in [3.63, 3.8) is 0 Å². The van der Waals surface area contributed by atoms with E-state index in [-0.39, 0.29) is 5.91 Å². The highest BCUT2D eigenvalue weighted by atomic mass is 16.6. The van der Waals surface area contributed by atoms with Gasteiger partial charge >= 0.3 is 0 Å². The molecule has 1 amide bonds. The molecule has 1 N–H and O–H groups in total. The van der Waals surface area contributed by atoms with E-state index in [0.29, 0.717) is 39.2 Å². The van der Waals surface area contributed by atoms with E-state index in [9.17, 15) is 4.79 Å². The van der Waals surface area contributed by atoms with Gasteiger partial charge in [-0.1, -0.05) is 24.3 Å². The minimum absolute atomic E-state index is 0.0518. The first kappa shape index (κ1) is 18.1. The van der Waals surface area contributed by atoms with Crippen molar-refractivity contribution < 1.29 is 19.0 Å². The van der Waals surface area contributed by atoms with Crippen LogP contribution in [0.4, 0.5) is 0 Å². The van der Waals surface area contributed by atoms with Gasteiger partial charge in [-0.15, -0.1) is 0 Å². The molecule has 138 valence electrons. The zero-order chi connectivity index (χ0) is 18.2. The molecule has 0 radical (unpaired) electrons. The fourth-order valence-corrected chi connectivity index (χ4v) is 2.81. The highest BCUT2D eigenvalue weighted by Gasteiger charge is 2.11. The van der Waals surface area contributed by atoms with Crippen LogP contribution in [0.3, 0.4) is 0 Å². The highest BCUT2D eigenvalue weighted by molar-refractivity contribution is 5.75. The minimum Gasteiger partial charge on any atom is -0.493 e. The van der Waals surface area contributed by atoms with Crippen molar-refractivity contribution >= 4 is 5.91 Å². The van der Waals surface area contributed by atoms with Crippen LogP contribution in [0, 0.1) is 6.92 Å². The number of aryl methyl sites for hydroxylation is 1. The van der Waals surface area contributed by atoms with Gasteiger partial charge in [-0.25, -0.2) is 0 Å². The molecule has 1 aliphatic heterocycles. The maximum atomic E-state index is 11.9. The average Bonchev–Trinajstić information content (AvgIpc) is 2.66. The Balaban J connectivity index is 1.32. The van der Waals surface area contributed by atoms with Crippen LogP contribution in [0.1, 0.15) is 24.0 Å². The van der Waals surface area contributed by atoms with Crippen LogP contribution >= 0.6 is 0 Å². The van der Waals surface area contributed by atoms with E-state index in [4.69, 9.17) is 14.2 Å². The van der Waals surface area contributed by atoms with Crippen molar-refractivity contribution in [2.24, 2.45) is 0 Å². The number of hydrogen-bond donors (Lipinski definition) is 1. The van der Waals surface area contributed by atoms with Gasteiger partial charge in [-0.05, 0) is 49.1 Å². The van der Waals surface area contributed by atoms with Gasteiger partial charge in [-0.3, -0.25) is 4.79 Å². The molecular weight excluding hydrogens is 330 g/mol. The molecule has 0 atom stereocenters. The van der Waals surface area contributed by atoms with E-state index in [1.165, 1.54) is 0 Å². The van der Waals surface area contributed by atoms with E-state index >= 15 is 0 Å². The molecule has 5 heteroatoms. The number of fused-ring (bicyclic) bond motifs is 1. The van der Waals surface area contributed by atoms with Crippen LogP contribution in [0.25, 0.3) is 0 Å². The van der Waals surface area contributed by atoms with Gasteiger partial charge in [0.05, 0.1) is 6.61 Å². The SMILES string of the molecule is Cc1ccccc1OCCCC(=O)NCCc1ccc2c(c1)OCCO2. The molecule has 26 heavy (non-hydrogen) atoms. The summed E-state index contributed by atoms with van der Waals surface area (Å²) in [6.45, 7) is 4.34. The summed E-state index contributed by atoms with van der Waals surface area (Å²) in [6.07, 6.45) is 1.93. The Morgan fingerprint density at radius 3 is 2.77 bits per heavy atom. The number of carbonyl (C=O) groups is 1. The minimum atomic E-state index is 0.0518. The van der Waals surface area contributed by atoms with E-state index in [1.807, 2.05) is 49.4 Å². The summed E-state index contributed by atoms with van der Waals surface area (Å²) in [4.78, 5) is 11.9. The molecule has 0 saturated carbocycles. The largest absolute Gasteiger partial charge is 0.493 e. The van der Waals surface area contributed by atoms with Crippen molar-refractivity contribution in [3.05, 3.63) is 53.6 Å². The van der Waals surface area contributed by atoms with Gasteiger partial charge in [0.25, 0.3) is 0 Å². The normalized spacial score (nSPS) is 12.5. The first-order valence-electron chi connectivity index (χ1n) is 9.06. The fraction of sp³-hybridized carbons (Fsp3) is 0.381. The second kappa shape index (κ2) is 9.13. The summed E-state index contributed by atoms with van der Waals surface area (Å²) in [5.74, 6) is 2.51. The van der Waals surface area contributed by atoms with Gasteiger partial charge < -0.3 is 19.5 Å². The molecule has 0 bridgehead atoms. The molecule has 0 saturated heterocycles. The Labute approximate surface area is 154 Å². The second-order valence-electron chi connectivity index (χ2n) is 6.30. The molecular formula is C21H25NO4. The van der Waals surface area contributed by atoms with Crippen LogP contribution in [0.2, 0.25) is 0 Å². The van der Waals surface area contributed by atoms with E-state index in [0.717, 1.165) is 34.8 Å². The van der Waals surface area contributed by atoms with Gasteiger partial charge in [0.2, 0.25) is 5.91 Å². The van der Waals surface area contributed by atoms with E-state index < -0.39 is 0 Å². The molecule has 0 aliphatic carbocycles. The summed E-state index contributed by atoms with van der Waals surface area (Å²) in [7, 11) is 0. The monoisotopic (exact) mass is 355 g/mol. The van der Waals surface area contributed by atoms with Crippen LogP contribution in [0.15, 0.2) is 42.5 Å². The van der Waals surface area contributed by atoms with Crippen molar-refractivity contribution in [1.82, 2.24) is 5.32 Å². The predicted molar refractivity (Wildman–Crippen MR) is 100 cm³/mol. The quantitative estimate of drug-likeness (QED) is 0.739. The highest BCUT2D eigenvalue weighted by Crippen LogP contribution is 2.30. The summed E-state index contributed by atoms with van der Waals surface area (Å²) < 4.78 is 16.8. The number of ether oxygens (including phenoxy) is 3. The third kappa shape index (κ3) is 5.15. The van der Waals surface area contributed by atoms with Crippen LogP contribution < -0.4 is 19.5 Å². The van der Waals surface area contributed by atoms with Gasteiger partial charge in [0, 0.05) is 13.0 Å². The lowest BCUT2D eigenvalue weighted by Gasteiger charge is -2.18. The van der Waals surface area contributed by atoms with Crippen LogP contribution in [0.5, 0.6) is 17.2 Å². The Kier molecular flexibility index (Phi) is 6.36. The molecule has 0 unspecified atom stereocenters. The van der Waals surface area contributed by atoms with Crippen molar-refractivity contribution in [2.75, 3.05) is 26.4 Å². The van der Waals surface area contributed by atoms with E-state index in [1.54, 1.807) is 0 Å². The maximum absolute atomic E-state index is 11.9. The first-order chi connectivity index (χ1) is 12.7. The number of amides is 1. The zero-order valence-electron chi connectivity index (χ0n) is 15.1. The molecule has 1 heterocycles. The van der Waals surface area contributed by atoms with Gasteiger partial charge in [-0.2, -0.15) is 0 Å². The van der Waals surface area contributed by atoms with Gasteiger partial charge in [0.1, 0.15) is 19.0 Å². The summed E-state index contributed by atoms with van der Waals surface area (Å²) >= 11 is 0. The summed E-state index contributed by atoms with van der Waals surface area (Å²) in [5, 5.41) is 2.95. The Morgan fingerprint density at radius 1 is 1.12 bits per heavy atom. The maximum Gasteiger partial charge on any atom is 0.220 e. The van der Waals surface area contributed by atoms with Crippen LogP contribution in [-0.2, 0) is 11.2 Å². The molecule has 0 fully saturated rings. The number of hydrogen-bond acceptors (Lipinski definition) is 4. The van der Waals surface area contributed by atoms with Crippen molar-refractivity contribution in [3.8, 4) is 17.2 Å². The van der Waals surface area contributed by atoms with Crippen molar-refractivity contribution in [1.29, 1.82) is 0 Å². The smallest absolute Gasteiger partial charge is 0.220 e. The van der Waals surface area contributed by atoms with Crippen LogP contribution in [-0.4, -0.2) is 32.3 Å². The molecule has 2 aromatic carbocycles. The number of benzene rings is 2. The predicted octanol–water partition coefficient (Wildman–Crippen LogP) is 3.28. The number of rotatable bonds is 8. The number of para-hydroxylation sites is 1. The molecule has 5 nitrogen and oxygen atoms in total. The fourth-order valence-electron chi connectivity index (χ4n) is 2.81. The number of carbonyl (C=O) groups excluding carboxylic acids is 1. The first-order valence-corrected chi connectivity index (χ1v) is 9.06. The lowest BCUT2D eigenvalue weighted by molar-refractivity contribution is -0.121. The summed E-state index contributed by atoms with van der Waals surface area (Å²) in [5.41, 5.74) is 2.23. The second-order valence-corrected chi connectivity index (χ2v) is 6.30. The summed E-state index contributed by atoms with van der Waals surface area (Å²) in [6, 6.07) is 13.8. The van der Waals surface area contributed by atoms with E-state index in [2.05, 4.69) is 5.32 Å². The Bertz CT molecular complexity index is 745. The zero-order valence-corrected chi connectivity index (χ0v) is 15.1. The molecule has 3 rings (SSSR count). The number of nitrogens with one attached hydrogen (secondary N) is 1. The van der Waals surface area contributed by atoms with Crippen molar-refractivity contribution in [2.45, 2.75) is 26.2 Å². The lowest BCUT2D eigenvalue weighted by atomic mass is 10.1. The molecule has 0 aromatic heterocycles. The molecule has 0 spiro atoms. The average molecular weight is 355 g/mol. The Morgan fingerprint density at radius 2 is 1.92 bits per heavy atom. The topological polar surface area (TPSA) is 56.8 Å². The lowest BCUT2D eigenvalue weighted by Crippen LogP contribution is -2.25. The van der Waals surface area contributed by atoms with Gasteiger partial charge in [0.15, 0.2) is 11.5 Å². The Hall–Kier alpha value is -2.69. The molecule has 2 aromatic rings. The third-order valence-corrected chi connectivity index (χ3v) is 4.24. The standard InChI is InChI=1S/C21H25NO4/c1-16-5-2-3-6-18(16)24-12-4-7-21(23)22-11-10-17-8-9-19-20(15-17)26-14-13-25-19/h2-3,5-6,8-9,15H,4,7,10-14H2,1H3,(H,22,23). The molecule has 1 aliphatic rings. The third-order valence-electron chi connectivity index (χ3n) is 4.24.